The van der Waals surface area contributed by atoms with Gasteiger partial charge in [-0.3, -0.25) is 4.68 Å². The molecule has 2 heterocycles. The molecule has 0 aliphatic carbocycles. The van der Waals surface area contributed by atoms with Gasteiger partial charge in [0, 0.05) is 31.9 Å². The van der Waals surface area contributed by atoms with E-state index < -0.39 is 10.0 Å². The van der Waals surface area contributed by atoms with Gasteiger partial charge in [-0.05, 0) is 25.3 Å². The maximum absolute atomic E-state index is 12.5. The molecule has 120 valence electrons. The van der Waals surface area contributed by atoms with Gasteiger partial charge in [-0.1, -0.05) is 20.8 Å². The predicted octanol–water partition coefficient (Wildman–Crippen LogP) is 1.30. The van der Waals surface area contributed by atoms with E-state index in [1.54, 1.807) is 15.2 Å². The van der Waals surface area contributed by atoms with E-state index >= 15 is 0 Å². The van der Waals surface area contributed by atoms with Gasteiger partial charge in [-0.15, -0.1) is 0 Å². The molecule has 0 spiro atoms. The number of nitrogens with one attached hydrogen (secondary N) is 1. The quantitative estimate of drug-likeness (QED) is 0.770. The molecule has 1 aliphatic rings. The number of aromatic nitrogens is 2. The van der Waals surface area contributed by atoms with Crippen molar-refractivity contribution >= 4 is 10.0 Å². The number of sulfonamides is 1. The first kappa shape index (κ1) is 16.5. The molecule has 7 heteroatoms. The van der Waals surface area contributed by atoms with Crippen molar-refractivity contribution in [3.8, 4) is 0 Å². The summed E-state index contributed by atoms with van der Waals surface area (Å²) in [5.74, 6) is 0.442. The summed E-state index contributed by atoms with van der Waals surface area (Å²) in [6.07, 6.45) is 4.98. The number of rotatable bonds is 7. The minimum Gasteiger partial charge on any atom is -0.314 e. The van der Waals surface area contributed by atoms with Crippen molar-refractivity contribution in [2.75, 3.05) is 19.6 Å². The highest BCUT2D eigenvalue weighted by molar-refractivity contribution is 7.89. The molecule has 0 amide bonds. The van der Waals surface area contributed by atoms with Gasteiger partial charge < -0.3 is 5.32 Å². The molecule has 1 aromatic heterocycles. The highest BCUT2D eigenvalue weighted by atomic mass is 32.2. The highest BCUT2D eigenvalue weighted by Gasteiger charge is 2.31. The first-order valence-electron chi connectivity index (χ1n) is 7.65. The van der Waals surface area contributed by atoms with E-state index in [4.69, 9.17) is 0 Å². The lowest BCUT2D eigenvalue weighted by atomic mass is 10.2. The van der Waals surface area contributed by atoms with E-state index in [9.17, 15) is 8.42 Å². The second-order valence-corrected chi connectivity index (χ2v) is 8.10. The molecule has 0 radical (unpaired) electrons. The predicted molar refractivity (Wildman–Crippen MR) is 82.5 cm³/mol. The lowest BCUT2D eigenvalue weighted by Crippen LogP contribution is -2.28. The third-order valence-electron chi connectivity index (χ3n) is 3.75. The maximum atomic E-state index is 12.5. The molecule has 0 aromatic carbocycles. The molecule has 2 rings (SSSR count). The van der Waals surface area contributed by atoms with Crippen LogP contribution in [0.4, 0.5) is 0 Å². The smallest absolute Gasteiger partial charge is 0.246 e. The summed E-state index contributed by atoms with van der Waals surface area (Å²) in [4.78, 5) is 0.313. The summed E-state index contributed by atoms with van der Waals surface area (Å²) in [5.41, 5.74) is 0. The van der Waals surface area contributed by atoms with Crippen molar-refractivity contribution in [1.29, 1.82) is 0 Å². The fourth-order valence-electron chi connectivity index (χ4n) is 2.49. The Kier molecular flexibility index (Phi) is 5.40. The molecule has 21 heavy (non-hydrogen) atoms. The van der Waals surface area contributed by atoms with Crippen LogP contribution in [-0.2, 0) is 16.6 Å². The van der Waals surface area contributed by atoms with Crippen LogP contribution in [0.2, 0.25) is 0 Å². The summed E-state index contributed by atoms with van der Waals surface area (Å²) in [5, 5.41) is 7.51. The fourth-order valence-corrected chi connectivity index (χ4v) is 4.02. The Labute approximate surface area is 127 Å². The van der Waals surface area contributed by atoms with Crippen LogP contribution >= 0.6 is 0 Å². The molecule has 1 atom stereocenters. The molecule has 0 bridgehead atoms. The van der Waals surface area contributed by atoms with E-state index in [-0.39, 0.29) is 0 Å². The Balaban J connectivity index is 1.93. The van der Waals surface area contributed by atoms with Crippen LogP contribution < -0.4 is 5.32 Å². The van der Waals surface area contributed by atoms with Crippen molar-refractivity contribution in [1.82, 2.24) is 19.4 Å². The average Bonchev–Trinajstić information content (AvgIpc) is 3.03. The molecule has 1 aliphatic heterocycles. The van der Waals surface area contributed by atoms with Crippen LogP contribution in [0, 0.1) is 5.92 Å². The van der Waals surface area contributed by atoms with Crippen LogP contribution in [0.1, 0.15) is 33.6 Å². The van der Waals surface area contributed by atoms with Crippen LogP contribution in [0.3, 0.4) is 0 Å². The third kappa shape index (κ3) is 4.28. The molecule has 1 aromatic rings. The van der Waals surface area contributed by atoms with Gasteiger partial charge >= 0.3 is 0 Å². The Morgan fingerprint density at radius 2 is 2.24 bits per heavy atom. The Bertz CT molecular complexity index is 553. The van der Waals surface area contributed by atoms with E-state index in [1.807, 2.05) is 0 Å². The van der Waals surface area contributed by atoms with Gasteiger partial charge in [0.05, 0.1) is 6.20 Å². The fraction of sp³-hybridized carbons (Fsp3) is 0.786. The number of hydrogen-bond acceptors (Lipinski definition) is 4. The zero-order valence-corrected chi connectivity index (χ0v) is 13.9. The van der Waals surface area contributed by atoms with Gasteiger partial charge in [0.25, 0.3) is 0 Å². The second kappa shape index (κ2) is 6.89. The Morgan fingerprint density at radius 1 is 1.48 bits per heavy atom. The van der Waals surface area contributed by atoms with E-state index in [0.717, 1.165) is 25.9 Å². The highest BCUT2D eigenvalue weighted by Crippen LogP contribution is 2.23. The molecule has 1 unspecified atom stereocenters. The Morgan fingerprint density at radius 3 is 2.86 bits per heavy atom. The topological polar surface area (TPSA) is 67.2 Å². The van der Waals surface area contributed by atoms with Crippen LogP contribution in [0.25, 0.3) is 0 Å². The van der Waals surface area contributed by atoms with Crippen molar-refractivity contribution in [3.05, 3.63) is 12.4 Å². The minimum absolute atomic E-state index is 0.313. The van der Waals surface area contributed by atoms with Crippen molar-refractivity contribution in [3.63, 3.8) is 0 Å². The summed E-state index contributed by atoms with van der Waals surface area (Å²) in [6, 6.07) is 0.468. The summed E-state index contributed by atoms with van der Waals surface area (Å²) < 4.78 is 28.2. The first-order valence-corrected chi connectivity index (χ1v) is 9.09. The monoisotopic (exact) mass is 314 g/mol. The first-order chi connectivity index (χ1) is 9.89. The van der Waals surface area contributed by atoms with E-state index in [2.05, 4.69) is 31.2 Å². The molecule has 1 N–H and O–H groups in total. The maximum Gasteiger partial charge on any atom is 0.246 e. The lowest BCUT2D eigenvalue weighted by Gasteiger charge is -2.14. The van der Waals surface area contributed by atoms with Crippen molar-refractivity contribution in [2.24, 2.45) is 5.92 Å². The number of aryl methyl sites for hydroxylation is 1. The second-order valence-electron chi connectivity index (χ2n) is 6.16. The average molecular weight is 314 g/mol. The van der Waals surface area contributed by atoms with Gasteiger partial charge in [0.2, 0.25) is 10.0 Å². The van der Waals surface area contributed by atoms with Gasteiger partial charge in [-0.2, -0.15) is 9.40 Å². The summed E-state index contributed by atoms with van der Waals surface area (Å²) >= 11 is 0. The van der Waals surface area contributed by atoms with E-state index in [1.165, 1.54) is 6.20 Å². The molecule has 0 saturated carbocycles. The largest absolute Gasteiger partial charge is 0.314 e. The molecular weight excluding hydrogens is 288 g/mol. The summed E-state index contributed by atoms with van der Waals surface area (Å²) in [7, 11) is -3.36. The lowest BCUT2D eigenvalue weighted by molar-refractivity contribution is 0.464. The standard InChI is InChI=1S/C14H26N4O2S/c1-12(2)15-6-4-7-17-11-14(9-16-17)21(19,20)18-8-5-13(3)10-18/h9,11-13,15H,4-8,10H2,1-3H3. The van der Waals surface area contributed by atoms with Gasteiger partial charge in [0.1, 0.15) is 4.90 Å². The van der Waals surface area contributed by atoms with Crippen LogP contribution in [0.15, 0.2) is 17.3 Å². The Hall–Kier alpha value is -0.920. The normalized spacial score (nSPS) is 20.5. The van der Waals surface area contributed by atoms with Crippen molar-refractivity contribution in [2.45, 2.75) is 51.1 Å². The number of hydrogen-bond donors (Lipinski definition) is 1. The number of nitrogens with zero attached hydrogens (tertiary/aromatic N) is 3. The molecular formula is C14H26N4O2S. The minimum atomic E-state index is -3.36. The van der Waals surface area contributed by atoms with Crippen LogP contribution in [0.5, 0.6) is 0 Å². The van der Waals surface area contributed by atoms with Crippen LogP contribution in [-0.4, -0.2) is 48.2 Å². The molecule has 1 fully saturated rings. The third-order valence-corrected chi connectivity index (χ3v) is 5.57. The summed E-state index contributed by atoms with van der Waals surface area (Å²) in [6.45, 7) is 9.17. The van der Waals surface area contributed by atoms with Gasteiger partial charge in [0.15, 0.2) is 0 Å². The van der Waals surface area contributed by atoms with Gasteiger partial charge in [-0.25, -0.2) is 8.42 Å². The molecule has 1 saturated heterocycles. The SMILES string of the molecule is CC1CCN(S(=O)(=O)c2cnn(CCCNC(C)C)c2)C1. The molecule has 6 nitrogen and oxygen atoms in total. The van der Waals surface area contributed by atoms with E-state index in [0.29, 0.717) is 29.9 Å². The van der Waals surface area contributed by atoms with Crippen molar-refractivity contribution < 1.29 is 8.42 Å². The zero-order chi connectivity index (χ0) is 15.5. The zero-order valence-electron chi connectivity index (χ0n) is 13.1.